The third-order valence-electron chi connectivity index (χ3n) is 4.35. The molecule has 150 valence electrons. The molecule has 0 spiro atoms. The Morgan fingerprint density at radius 2 is 2.00 bits per heavy atom. The normalized spacial score (nSPS) is 10.6. The predicted octanol–water partition coefficient (Wildman–Crippen LogP) is 2.08. The number of nitriles is 1. The van der Waals surface area contributed by atoms with Crippen molar-refractivity contribution in [2.75, 3.05) is 32.2 Å². The lowest BCUT2D eigenvalue weighted by molar-refractivity contribution is 0.206. The van der Waals surface area contributed by atoms with E-state index >= 15 is 0 Å². The average molecular weight is 393 g/mol. The monoisotopic (exact) mass is 393 g/mol. The highest BCUT2D eigenvalue weighted by Gasteiger charge is 2.16. The second-order valence-electron chi connectivity index (χ2n) is 6.42. The molecule has 0 unspecified atom stereocenters. The van der Waals surface area contributed by atoms with Gasteiger partial charge in [-0.3, -0.25) is 0 Å². The molecule has 3 aromatic rings. The molecule has 2 aromatic heterocycles. The van der Waals surface area contributed by atoms with E-state index in [0.29, 0.717) is 48.3 Å². The molecule has 1 aromatic carbocycles. The second-order valence-corrected chi connectivity index (χ2v) is 6.42. The minimum Gasteiger partial charge on any atom is -0.438 e. The van der Waals surface area contributed by atoms with Gasteiger partial charge >= 0.3 is 0 Å². The van der Waals surface area contributed by atoms with Gasteiger partial charge in [-0.25, -0.2) is 14.6 Å². The van der Waals surface area contributed by atoms with Crippen LogP contribution < -0.4 is 15.4 Å². The van der Waals surface area contributed by atoms with Crippen LogP contribution in [0.25, 0.3) is 11.4 Å². The van der Waals surface area contributed by atoms with Gasteiger partial charge in [0.2, 0.25) is 5.88 Å². The molecular formula is C20H23N7O2. The highest BCUT2D eigenvalue weighted by Crippen LogP contribution is 2.33. The lowest BCUT2D eigenvalue weighted by Gasteiger charge is -2.14. The smallest absolute Gasteiger partial charge is 0.219 e. The topological polar surface area (TPSA) is 115 Å². The van der Waals surface area contributed by atoms with Gasteiger partial charge in [0.1, 0.15) is 5.75 Å². The van der Waals surface area contributed by atoms with Gasteiger partial charge < -0.3 is 20.1 Å². The van der Waals surface area contributed by atoms with Crippen LogP contribution in [0.2, 0.25) is 0 Å². The van der Waals surface area contributed by atoms with Crippen LogP contribution >= 0.6 is 0 Å². The van der Waals surface area contributed by atoms with E-state index in [0.717, 1.165) is 11.4 Å². The number of hydrogen-bond donors (Lipinski definition) is 1. The average Bonchev–Trinajstić information content (AvgIpc) is 3.12. The number of likely N-dealkylation sites (N-methyl/N-ethyl adjacent to an activating group) is 1. The quantitative estimate of drug-likeness (QED) is 0.618. The summed E-state index contributed by atoms with van der Waals surface area (Å²) in [6, 6.07) is 9.10. The summed E-state index contributed by atoms with van der Waals surface area (Å²) in [6.45, 7) is 1.66. The maximum Gasteiger partial charge on any atom is 0.219 e. The Labute approximate surface area is 169 Å². The van der Waals surface area contributed by atoms with E-state index in [1.807, 2.05) is 18.0 Å². The number of ether oxygens (including phenoxy) is 2. The molecule has 0 fully saturated rings. The van der Waals surface area contributed by atoms with Crippen LogP contribution in [-0.4, -0.2) is 47.1 Å². The van der Waals surface area contributed by atoms with Crippen LogP contribution in [0.15, 0.2) is 36.7 Å². The molecular weight excluding hydrogens is 370 g/mol. The van der Waals surface area contributed by atoms with Crippen molar-refractivity contribution in [2.45, 2.75) is 6.54 Å². The Balaban J connectivity index is 1.94. The molecule has 9 nitrogen and oxygen atoms in total. The lowest BCUT2D eigenvalue weighted by atomic mass is 10.1. The standard InChI is InChI=1S/C20H23N7O2/c1-26(6-7-28-3)18-9-19(27(2)25-18)29-17-8-14(10-21)4-5-16(17)20-23-12-15(11-22)13-24-20/h4-5,8-9,12-13H,6-7,11,22H2,1-3H3. The predicted molar refractivity (Wildman–Crippen MR) is 109 cm³/mol. The molecule has 0 aliphatic carbocycles. The Hall–Kier alpha value is -3.48. The van der Waals surface area contributed by atoms with Crippen LogP contribution in [-0.2, 0) is 18.3 Å². The number of methoxy groups -OCH3 is 1. The summed E-state index contributed by atoms with van der Waals surface area (Å²) in [5.74, 6) is 2.24. The van der Waals surface area contributed by atoms with Crippen molar-refractivity contribution < 1.29 is 9.47 Å². The molecule has 0 saturated heterocycles. The molecule has 2 N–H and O–H groups in total. The number of nitrogens with zero attached hydrogens (tertiary/aromatic N) is 6. The van der Waals surface area contributed by atoms with Gasteiger partial charge in [-0.15, -0.1) is 0 Å². The summed E-state index contributed by atoms with van der Waals surface area (Å²) in [5.41, 5.74) is 7.60. The van der Waals surface area contributed by atoms with Crippen molar-refractivity contribution in [1.29, 1.82) is 5.26 Å². The highest BCUT2D eigenvalue weighted by molar-refractivity contribution is 5.66. The lowest BCUT2D eigenvalue weighted by Crippen LogP contribution is -2.22. The molecule has 2 heterocycles. The zero-order valence-corrected chi connectivity index (χ0v) is 16.7. The third-order valence-corrected chi connectivity index (χ3v) is 4.35. The summed E-state index contributed by atoms with van der Waals surface area (Å²) in [7, 11) is 5.38. The minimum absolute atomic E-state index is 0.366. The molecule has 9 heteroatoms. The zero-order valence-electron chi connectivity index (χ0n) is 16.7. The van der Waals surface area contributed by atoms with Gasteiger partial charge in [0.15, 0.2) is 11.6 Å². The molecule has 0 radical (unpaired) electrons. The maximum atomic E-state index is 9.29. The Bertz CT molecular complexity index is 1010. The van der Waals surface area contributed by atoms with Gasteiger partial charge in [0.25, 0.3) is 0 Å². The van der Waals surface area contributed by atoms with Gasteiger partial charge in [-0.1, -0.05) is 0 Å². The van der Waals surface area contributed by atoms with Crippen LogP contribution in [0.5, 0.6) is 11.6 Å². The molecule has 0 bridgehead atoms. The SMILES string of the molecule is COCCN(C)c1cc(Oc2cc(C#N)ccc2-c2ncc(CN)cn2)n(C)n1. The highest BCUT2D eigenvalue weighted by atomic mass is 16.5. The van der Waals surface area contributed by atoms with E-state index in [2.05, 4.69) is 21.1 Å². The van der Waals surface area contributed by atoms with E-state index in [1.165, 1.54) is 0 Å². The summed E-state index contributed by atoms with van der Waals surface area (Å²) >= 11 is 0. The van der Waals surface area contributed by atoms with Crippen LogP contribution in [0, 0.1) is 11.3 Å². The first kappa shape index (κ1) is 20.3. The number of hydrogen-bond acceptors (Lipinski definition) is 8. The van der Waals surface area contributed by atoms with Gasteiger partial charge in [-0.2, -0.15) is 10.4 Å². The van der Waals surface area contributed by atoms with Crippen LogP contribution in [0.4, 0.5) is 5.82 Å². The molecule has 0 saturated carbocycles. The summed E-state index contributed by atoms with van der Waals surface area (Å²) in [4.78, 5) is 10.7. The molecule has 0 atom stereocenters. The summed E-state index contributed by atoms with van der Waals surface area (Å²) in [5, 5.41) is 13.8. The van der Waals surface area contributed by atoms with Gasteiger partial charge in [0, 0.05) is 58.3 Å². The summed E-state index contributed by atoms with van der Waals surface area (Å²) < 4.78 is 12.9. The Morgan fingerprint density at radius 1 is 1.24 bits per heavy atom. The maximum absolute atomic E-state index is 9.29. The van der Waals surface area contributed by atoms with Crippen molar-refractivity contribution in [2.24, 2.45) is 12.8 Å². The van der Waals surface area contributed by atoms with Crippen molar-refractivity contribution in [3.8, 4) is 29.1 Å². The minimum atomic E-state index is 0.366. The Kier molecular flexibility index (Phi) is 6.39. The fourth-order valence-electron chi connectivity index (χ4n) is 2.63. The summed E-state index contributed by atoms with van der Waals surface area (Å²) in [6.07, 6.45) is 3.36. The largest absolute Gasteiger partial charge is 0.438 e. The van der Waals surface area contributed by atoms with E-state index in [-0.39, 0.29) is 0 Å². The third kappa shape index (κ3) is 4.68. The first-order valence-corrected chi connectivity index (χ1v) is 9.03. The number of aromatic nitrogens is 4. The van der Waals surface area contributed by atoms with Crippen molar-refractivity contribution in [3.63, 3.8) is 0 Å². The van der Waals surface area contributed by atoms with Crippen molar-refractivity contribution >= 4 is 5.82 Å². The zero-order chi connectivity index (χ0) is 20.8. The van der Waals surface area contributed by atoms with E-state index in [9.17, 15) is 5.26 Å². The number of benzene rings is 1. The Morgan fingerprint density at radius 3 is 2.66 bits per heavy atom. The van der Waals surface area contributed by atoms with Crippen molar-refractivity contribution in [1.82, 2.24) is 19.7 Å². The fourth-order valence-corrected chi connectivity index (χ4v) is 2.63. The first-order valence-electron chi connectivity index (χ1n) is 9.03. The van der Waals surface area contributed by atoms with E-state index in [4.69, 9.17) is 15.2 Å². The number of nitrogens with two attached hydrogens (primary N) is 1. The van der Waals surface area contributed by atoms with E-state index < -0.39 is 0 Å². The van der Waals surface area contributed by atoms with Crippen LogP contribution in [0.3, 0.4) is 0 Å². The van der Waals surface area contributed by atoms with Gasteiger partial charge in [0.05, 0.1) is 23.8 Å². The van der Waals surface area contributed by atoms with E-state index in [1.54, 1.807) is 49.4 Å². The molecule has 0 amide bonds. The molecule has 29 heavy (non-hydrogen) atoms. The molecule has 3 rings (SSSR count). The second kappa shape index (κ2) is 9.14. The number of anilines is 1. The fraction of sp³-hybridized carbons (Fsp3) is 0.300. The van der Waals surface area contributed by atoms with Crippen LogP contribution in [0.1, 0.15) is 11.1 Å². The number of rotatable bonds is 8. The van der Waals surface area contributed by atoms with Crippen molar-refractivity contribution in [3.05, 3.63) is 47.8 Å². The molecule has 0 aliphatic rings. The first-order chi connectivity index (χ1) is 14.0. The van der Waals surface area contributed by atoms with Gasteiger partial charge in [-0.05, 0) is 18.2 Å². The molecule has 0 aliphatic heterocycles. The number of aryl methyl sites for hydroxylation is 1.